The van der Waals surface area contributed by atoms with Gasteiger partial charge in [-0.1, -0.05) is 6.07 Å². The Morgan fingerprint density at radius 3 is 2.84 bits per heavy atom. The van der Waals surface area contributed by atoms with E-state index in [1.807, 2.05) is 44.4 Å². The zero-order valence-corrected chi connectivity index (χ0v) is 11.3. The lowest BCUT2D eigenvalue weighted by Gasteiger charge is -2.20. The van der Waals surface area contributed by atoms with Crippen LogP contribution in [-0.2, 0) is 6.54 Å². The molecule has 0 amide bonds. The van der Waals surface area contributed by atoms with Gasteiger partial charge in [-0.15, -0.1) is 0 Å². The van der Waals surface area contributed by atoms with E-state index in [1.54, 1.807) is 6.20 Å². The van der Waals surface area contributed by atoms with Crippen LogP contribution in [0.1, 0.15) is 12.5 Å². The summed E-state index contributed by atoms with van der Waals surface area (Å²) in [5.41, 5.74) is 8.80. The molecule has 4 nitrogen and oxygen atoms in total. The second-order valence-corrected chi connectivity index (χ2v) is 4.41. The largest absolute Gasteiger partial charge is 0.494 e. The predicted molar refractivity (Wildman–Crippen MR) is 78.4 cm³/mol. The van der Waals surface area contributed by atoms with Crippen molar-refractivity contribution < 1.29 is 4.74 Å². The molecule has 2 N–H and O–H groups in total. The standard InChI is InChI=1S/C15H19N3O/c1-3-19-15-8-13(16)7-14(9-15)18(2)11-12-5-4-6-17-10-12/h4-10H,3,11,16H2,1-2H3. The number of nitrogens with zero attached hydrogens (tertiary/aromatic N) is 2. The van der Waals surface area contributed by atoms with E-state index in [2.05, 4.69) is 16.0 Å². The van der Waals surface area contributed by atoms with Crippen molar-refractivity contribution in [3.63, 3.8) is 0 Å². The number of nitrogen functional groups attached to an aromatic ring is 1. The van der Waals surface area contributed by atoms with Crippen LogP contribution in [0.2, 0.25) is 0 Å². The monoisotopic (exact) mass is 257 g/mol. The SMILES string of the molecule is CCOc1cc(N)cc(N(C)Cc2cccnc2)c1. The topological polar surface area (TPSA) is 51.4 Å². The fourth-order valence-corrected chi connectivity index (χ4v) is 1.93. The summed E-state index contributed by atoms with van der Waals surface area (Å²) in [7, 11) is 2.03. The Morgan fingerprint density at radius 2 is 2.16 bits per heavy atom. The van der Waals surface area contributed by atoms with Crippen LogP contribution >= 0.6 is 0 Å². The summed E-state index contributed by atoms with van der Waals surface area (Å²) in [4.78, 5) is 6.24. The Hall–Kier alpha value is -2.23. The van der Waals surface area contributed by atoms with Gasteiger partial charge >= 0.3 is 0 Å². The van der Waals surface area contributed by atoms with Crippen LogP contribution in [0.25, 0.3) is 0 Å². The Balaban J connectivity index is 2.16. The smallest absolute Gasteiger partial charge is 0.123 e. The number of anilines is 2. The molecule has 0 aliphatic carbocycles. The number of aromatic nitrogens is 1. The second-order valence-electron chi connectivity index (χ2n) is 4.41. The highest BCUT2D eigenvalue weighted by Crippen LogP contribution is 2.25. The number of ether oxygens (including phenoxy) is 1. The summed E-state index contributed by atoms with van der Waals surface area (Å²) in [5.74, 6) is 0.801. The molecule has 2 aromatic rings. The molecule has 0 saturated heterocycles. The third-order valence-corrected chi connectivity index (χ3v) is 2.81. The van der Waals surface area contributed by atoms with E-state index >= 15 is 0 Å². The molecule has 0 bridgehead atoms. The summed E-state index contributed by atoms with van der Waals surface area (Å²) >= 11 is 0. The molecule has 0 aliphatic rings. The van der Waals surface area contributed by atoms with Crippen molar-refractivity contribution in [1.82, 2.24) is 4.98 Å². The van der Waals surface area contributed by atoms with E-state index in [4.69, 9.17) is 10.5 Å². The summed E-state index contributed by atoms with van der Waals surface area (Å²) in [5, 5.41) is 0. The summed E-state index contributed by atoms with van der Waals surface area (Å²) in [6.07, 6.45) is 3.64. The Morgan fingerprint density at radius 1 is 1.32 bits per heavy atom. The number of benzene rings is 1. The van der Waals surface area contributed by atoms with Gasteiger partial charge in [0.05, 0.1) is 6.61 Å². The third kappa shape index (κ3) is 3.61. The molecule has 2 rings (SSSR count). The highest BCUT2D eigenvalue weighted by atomic mass is 16.5. The molecule has 0 spiro atoms. The van der Waals surface area contributed by atoms with Crippen LogP contribution in [-0.4, -0.2) is 18.6 Å². The first-order valence-electron chi connectivity index (χ1n) is 6.32. The van der Waals surface area contributed by atoms with Crippen molar-refractivity contribution in [1.29, 1.82) is 0 Å². The van der Waals surface area contributed by atoms with Crippen molar-refractivity contribution in [3.05, 3.63) is 48.3 Å². The van der Waals surface area contributed by atoms with Gasteiger partial charge in [0.2, 0.25) is 0 Å². The number of rotatable bonds is 5. The van der Waals surface area contributed by atoms with Gasteiger partial charge in [0.25, 0.3) is 0 Å². The lowest BCUT2D eigenvalue weighted by Crippen LogP contribution is -2.16. The van der Waals surface area contributed by atoms with E-state index in [9.17, 15) is 0 Å². The first-order chi connectivity index (χ1) is 9.19. The van der Waals surface area contributed by atoms with Gasteiger partial charge in [-0.2, -0.15) is 0 Å². The summed E-state index contributed by atoms with van der Waals surface area (Å²) < 4.78 is 5.51. The van der Waals surface area contributed by atoms with Crippen LogP contribution < -0.4 is 15.4 Å². The number of hydrogen-bond acceptors (Lipinski definition) is 4. The fourth-order valence-electron chi connectivity index (χ4n) is 1.93. The van der Waals surface area contributed by atoms with Crippen molar-refractivity contribution in [3.8, 4) is 5.75 Å². The van der Waals surface area contributed by atoms with E-state index in [0.717, 1.165) is 23.5 Å². The van der Waals surface area contributed by atoms with E-state index in [-0.39, 0.29) is 0 Å². The van der Waals surface area contributed by atoms with Crippen LogP contribution in [0.5, 0.6) is 5.75 Å². The maximum absolute atomic E-state index is 5.90. The first kappa shape index (κ1) is 13.2. The molecular weight excluding hydrogens is 238 g/mol. The third-order valence-electron chi connectivity index (χ3n) is 2.81. The molecule has 0 fully saturated rings. The van der Waals surface area contributed by atoms with Crippen molar-refractivity contribution in [2.45, 2.75) is 13.5 Å². The number of nitrogens with two attached hydrogens (primary N) is 1. The molecule has 1 aromatic carbocycles. The molecular formula is C15H19N3O. The molecule has 4 heteroatoms. The number of hydrogen-bond donors (Lipinski definition) is 1. The lowest BCUT2D eigenvalue weighted by atomic mass is 10.2. The van der Waals surface area contributed by atoms with Crippen LogP contribution in [0.4, 0.5) is 11.4 Å². The highest BCUT2D eigenvalue weighted by Gasteiger charge is 2.05. The van der Waals surface area contributed by atoms with Gasteiger partial charge in [0.1, 0.15) is 5.75 Å². The molecule has 1 aromatic heterocycles. The van der Waals surface area contributed by atoms with Gasteiger partial charge < -0.3 is 15.4 Å². The number of pyridine rings is 1. The zero-order chi connectivity index (χ0) is 13.7. The zero-order valence-electron chi connectivity index (χ0n) is 11.3. The predicted octanol–water partition coefficient (Wildman–Crippen LogP) is 2.70. The lowest BCUT2D eigenvalue weighted by molar-refractivity contribution is 0.340. The molecule has 0 radical (unpaired) electrons. The maximum atomic E-state index is 5.90. The van der Waals surface area contributed by atoms with Gasteiger partial charge in [0, 0.05) is 49.5 Å². The highest BCUT2D eigenvalue weighted by molar-refractivity contribution is 5.60. The maximum Gasteiger partial charge on any atom is 0.123 e. The Kier molecular flexibility index (Phi) is 4.23. The molecule has 19 heavy (non-hydrogen) atoms. The fraction of sp³-hybridized carbons (Fsp3) is 0.267. The molecule has 0 aliphatic heterocycles. The van der Waals surface area contributed by atoms with Gasteiger partial charge in [-0.3, -0.25) is 4.98 Å². The second kappa shape index (κ2) is 6.09. The quantitative estimate of drug-likeness (QED) is 0.837. The van der Waals surface area contributed by atoms with Crippen molar-refractivity contribution in [2.24, 2.45) is 0 Å². The minimum Gasteiger partial charge on any atom is -0.494 e. The molecule has 0 saturated carbocycles. The van der Waals surface area contributed by atoms with Gasteiger partial charge in [-0.25, -0.2) is 0 Å². The molecule has 100 valence electrons. The van der Waals surface area contributed by atoms with Crippen molar-refractivity contribution in [2.75, 3.05) is 24.3 Å². The van der Waals surface area contributed by atoms with E-state index in [0.29, 0.717) is 12.3 Å². The van der Waals surface area contributed by atoms with Crippen LogP contribution in [0.15, 0.2) is 42.7 Å². The van der Waals surface area contributed by atoms with E-state index < -0.39 is 0 Å². The van der Waals surface area contributed by atoms with E-state index in [1.165, 1.54) is 0 Å². The average Bonchev–Trinajstić information content (AvgIpc) is 2.39. The normalized spacial score (nSPS) is 10.2. The average molecular weight is 257 g/mol. The molecule has 1 heterocycles. The molecule has 0 unspecified atom stereocenters. The van der Waals surface area contributed by atoms with Gasteiger partial charge in [0.15, 0.2) is 0 Å². The Labute approximate surface area is 113 Å². The van der Waals surface area contributed by atoms with Crippen LogP contribution in [0, 0.1) is 0 Å². The van der Waals surface area contributed by atoms with Crippen molar-refractivity contribution >= 4 is 11.4 Å². The van der Waals surface area contributed by atoms with Crippen LogP contribution in [0.3, 0.4) is 0 Å². The first-order valence-corrected chi connectivity index (χ1v) is 6.32. The molecule has 0 atom stereocenters. The Bertz CT molecular complexity index is 528. The summed E-state index contributed by atoms with van der Waals surface area (Å²) in [6.45, 7) is 3.38. The minimum atomic E-state index is 0.634. The summed E-state index contributed by atoms with van der Waals surface area (Å²) in [6, 6.07) is 9.77. The van der Waals surface area contributed by atoms with Gasteiger partial charge in [-0.05, 0) is 24.6 Å². The minimum absolute atomic E-state index is 0.634.